The van der Waals surface area contributed by atoms with Gasteiger partial charge in [0.25, 0.3) is 0 Å². The minimum atomic E-state index is -1.06. The molecule has 3 rings (SSSR count). The van der Waals surface area contributed by atoms with E-state index < -0.39 is 24.3 Å². The van der Waals surface area contributed by atoms with Crippen LogP contribution in [-0.4, -0.2) is 56.9 Å². The zero-order valence-electron chi connectivity index (χ0n) is 17.7. The van der Waals surface area contributed by atoms with E-state index in [9.17, 15) is 20.1 Å². The van der Waals surface area contributed by atoms with E-state index in [1.807, 2.05) is 47.4 Å². The summed E-state index contributed by atoms with van der Waals surface area (Å²) in [5.74, 6) is 0.0997. The molecule has 1 aliphatic rings. The second-order valence-corrected chi connectivity index (χ2v) is 8.23. The molecule has 1 saturated heterocycles. The summed E-state index contributed by atoms with van der Waals surface area (Å²) in [5, 5.41) is 30.8. The van der Waals surface area contributed by atoms with Gasteiger partial charge in [0.1, 0.15) is 5.78 Å². The summed E-state index contributed by atoms with van der Waals surface area (Å²) in [6.07, 6.45) is 1.50. The summed E-state index contributed by atoms with van der Waals surface area (Å²) in [6, 6.07) is 17.2. The minimum Gasteiger partial charge on any atom is -0.395 e. The number of rotatable bonds is 10. The molecule has 1 heterocycles. The van der Waals surface area contributed by atoms with Crippen molar-refractivity contribution < 1.29 is 20.1 Å². The molecule has 0 unspecified atom stereocenters. The maximum absolute atomic E-state index is 12.4. The Morgan fingerprint density at radius 3 is 2.17 bits per heavy atom. The summed E-state index contributed by atoms with van der Waals surface area (Å²) < 4.78 is 0. The first-order chi connectivity index (χ1) is 14.5. The third-order valence-electron chi connectivity index (χ3n) is 6.10. The Hall–Kier alpha value is -2.05. The lowest BCUT2D eigenvalue weighted by atomic mass is 10.00. The molecule has 162 valence electrons. The van der Waals surface area contributed by atoms with Crippen molar-refractivity contribution in [1.29, 1.82) is 0 Å². The second-order valence-electron chi connectivity index (χ2n) is 8.23. The number of carbonyl (C=O) groups excluding carboxylic acids is 1. The van der Waals surface area contributed by atoms with Gasteiger partial charge in [-0.2, -0.15) is 0 Å². The third kappa shape index (κ3) is 5.35. The molecule has 0 radical (unpaired) electrons. The van der Waals surface area contributed by atoms with Crippen LogP contribution in [0.1, 0.15) is 44.6 Å². The first-order valence-electron chi connectivity index (χ1n) is 10.9. The van der Waals surface area contributed by atoms with Crippen LogP contribution in [0.4, 0.5) is 0 Å². The molecule has 5 heteroatoms. The molecule has 4 atom stereocenters. The maximum Gasteiger partial charge on any atom is 0.134 e. The SMILES string of the molecule is CCCCCC(=O)C[C@@H]1[C@H](O)[C@H](O)[C@@H](CO)N1Cc1ccc(-c2ccccc2)cc1. The maximum atomic E-state index is 12.4. The molecule has 0 aromatic heterocycles. The van der Waals surface area contributed by atoms with Gasteiger partial charge in [-0.1, -0.05) is 74.4 Å². The highest BCUT2D eigenvalue weighted by Gasteiger charge is 2.47. The number of benzene rings is 2. The minimum absolute atomic E-state index is 0.0997. The first kappa shape index (κ1) is 22.6. The number of ketones is 1. The Bertz CT molecular complexity index is 793. The van der Waals surface area contributed by atoms with Crippen LogP contribution in [-0.2, 0) is 11.3 Å². The van der Waals surface area contributed by atoms with Gasteiger partial charge in [-0.15, -0.1) is 0 Å². The number of likely N-dealkylation sites (tertiary alicyclic amines) is 1. The fourth-order valence-corrected chi connectivity index (χ4v) is 4.33. The average Bonchev–Trinajstić information content (AvgIpc) is 2.99. The molecule has 2 aromatic rings. The lowest BCUT2D eigenvalue weighted by molar-refractivity contribution is -0.121. The van der Waals surface area contributed by atoms with Crippen molar-refractivity contribution in [3.05, 3.63) is 60.2 Å². The quantitative estimate of drug-likeness (QED) is 0.523. The molecular formula is C25H33NO4. The van der Waals surface area contributed by atoms with E-state index >= 15 is 0 Å². The Balaban J connectivity index is 1.72. The lowest BCUT2D eigenvalue weighted by Crippen LogP contribution is -2.41. The number of Topliss-reactive ketones (excluding diaryl/α,β-unsaturated/α-hetero) is 1. The summed E-state index contributed by atoms with van der Waals surface area (Å²) >= 11 is 0. The predicted octanol–water partition coefficient (Wildman–Crippen LogP) is 3.16. The van der Waals surface area contributed by atoms with E-state index in [-0.39, 0.29) is 18.8 Å². The molecule has 3 N–H and O–H groups in total. The summed E-state index contributed by atoms with van der Waals surface area (Å²) in [7, 11) is 0. The highest BCUT2D eigenvalue weighted by Crippen LogP contribution is 2.30. The van der Waals surface area contributed by atoms with Crippen LogP contribution in [0.5, 0.6) is 0 Å². The summed E-state index contributed by atoms with van der Waals surface area (Å²) in [6.45, 7) is 2.29. The van der Waals surface area contributed by atoms with Crippen molar-refractivity contribution in [3.63, 3.8) is 0 Å². The van der Waals surface area contributed by atoms with E-state index in [2.05, 4.69) is 19.1 Å². The van der Waals surface area contributed by atoms with Crippen LogP contribution in [0.25, 0.3) is 11.1 Å². The Labute approximate surface area is 179 Å². The van der Waals surface area contributed by atoms with E-state index in [1.165, 1.54) is 0 Å². The van der Waals surface area contributed by atoms with E-state index in [0.717, 1.165) is 36.0 Å². The van der Waals surface area contributed by atoms with Gasteiger partial charge >= 0.3 is 0 Å². The third-order valence-corrected chi connectivity index (χ3v) is 6.10. The Kier molecular flexibility index (Phi) is 8.16. The highest BCUT2D eigenvalue weighted by atomic mass is 16.3. The van der Waals surface area contributed by atoms with Gasteiger partial charge in [-0.25, -0.2) is 0 Å². The molecule has 0 spiro atoms. The van der Waals surface area contributed by atoms with Gasteiger partial charge in [0.15, 0.2) is 0 Å². The van der Waals surface area contributed by atoms with Crippen molar-refractivity contribution in [2.45, 2.75) is 69.9 Å². The molecule has 0 aliphatic carbocycles. The zero-order valence-corrected chi connectivity index (χ0v) is 17.7. The van der Waals surface area contributed by atoms with Gasteiger partial charge in [0.05, 0.1) is 24.9 Å². The number of aliphatic hydroxyl groups excluding tert-OH is 3. The molecule has 5 nitrogen and oxygen atoms in total. The average molecular weight is 412 g/mol. The van der Waals surface area contributed by atoms with E-state index in [1.54, 1.807) is 0 Å². The normalized spacial score (nSPS) is 24.3. The summed E-state index contributed by atoms with van der Waals surface area (Å²) in [5.41, 5.74) is 3.26. The molecule has 2 aromatic carbocycles. The van der Waals surface area contributed by atoms with Crippen LogP contribution >= 0.6 is 0 Å². The van der Waals surface area contributed by atoms with E-state index in [0.29, 0.717) is 13.0 Å². The Morgan fingerprint density at radius 1 is 0.900 bits per heavy atom. The monoisotopic (exact) mass is 411 g/mol. The molecular weight excluding hydrogens is 378 g/mol. The van der Waals surface area contributed by atoms with Gasteiger partial charge in [0.2, 0.25) is 0 Å². The number of carbonyl (C=O) groups is 1. The van der Waals surface area contributed by atoms with E-state index in [4.69, 9.17) is 0 Å². The van der Waals surface area contributed by atoms with Crippen LogP contribution < -0.4 is 0 Å². The number of aliphatic hydroxyl groups is 3. The number of nitrogens with zero attached hydrogens (tertiary/aromatic N) is 1. The van der Waals surface area contributed by atoms with Crippen LogP contribution in [0.2, 0.25) is 0 Å². The standard InChI is InChI=1S/C25H33NO4/c1-2-3-5-10-21(28)15-22-24(29)25(30)23(17-27)26(22)16-18-11-13-20(14-12-18)19-8-6-4-7-9-19/h4,6-9,11-14,22-25,27,29-30H,2-3,5,10,15-17H2,1H3/t22-,23-,24+,25-/m1/s1. The number of hydrogen-bond acceptors (Lipinski definition) is 5. The van der Waals surface area contributed by atoms with Gasteiger partial charge < -0.3 is 15.3 Å². The molecule has 1 aliphatic heterocycles. The molecule has 0 saturated carbocycles. The number of unbranched alkanes of at least 4 members (excludes halogenated alkanes) is 2. The van der Waals surface area contributed by atoms with Crippen LogP contribution in [0, 0.1) is 0 Å². The predicted molar refractivity (Wildman–Crippen MR) is 118 cm³/mol. The molecule has 0 bridgehead atoms. The fraction of sp³-hybridized carbons (Fsp3) is 0.480. The van der Waals surface area contributed by atoms with Crippen LogP contribution in [0.15, 0.2) is 54.6 Å². The Morgan fingerprint density at radius 2 is 1.53 bits per heavy atom. The summed E-state index contributed by atoms with van der Waals surface area (Å²) in [4.78, 5) is 14.3. The van der Waals surface area contributed by atoms with Gasteiger partial charge in [-0.05, 0) is 23.1 Å². The topological polar surface area (TPSA) is 81.0 Å². The van der Waals surface area contributed by atoms with Gasteiger partial charge in [-0.3, -0.25) is 9.69 Å². The first-order valence-corrected chi connectivity index (χ1v) is 10.9. The molecule has 30 heavy (non-hydrogen) atoms. The van der Waals surface area contributed by atoms with Crippen molar-refractivity contribution in [1.82, 2.24) is 4.90 Å². The molecule has 1 fully saturated rings. The van der Waals surface area contributed by atoms with Crippen molar-refractivity contribution in [2.75, 3.05) is 6.61 Å². The van der Waals surface area contributed by atoms with Crippen molar-refractivity contribution >= 4 is 5.78 Å². The highest BCUT2D eigenvalue weighted by molar-refractivity contribution is 5.79. The van der Waals surface area contributed by atoms with Crippen molar-refractivity contribution in [3.8, 4) is 11.1 Å². The second kappa shape index (κ2) is 10.8. The van der Waals surface area contributed by atoms with Gasteiger partial charge in [0, 0.05) is 25.4 Å². The van der Waals surface area contributed by atoms with Crippen molar-refractivity contribution in [2.24, 2.45) is 0 Å². The lowest BCUT2D eigenvalue weighted by Gasteiger charge is -2.29. The smallest absolute Gasteiger partial charge is 0.134 e. The number of hydrogen-bond donors (Lipinski definition) is 3. The largest absolute Gasteiger partial charge is 0.395 e. The fourth-order valence-electron chi connectivity index (χ4n) is 4.33. The van der Waals surface area contributed by atoms with Crippen LogP contribution in [0.3, 0.4) is 0 Å². The molecule has 0 amide bonds. The zero-order chi connectivity index (χ0) is 21.5.